The monoisotopic (exact) mass is 474 g/mol. The van der Waals surface area contributed by atoms with Gasteiger partial charge in [0.1, 0.15) is 12.4 Å². The molecule has 8 heteroatoms. The van der Waals surface area contributed by atoms with Crippen molar-refractivity contribution in [3.63, 3.8) is 0 Å². The van der Waals surface area contributed by atoms with Crippen molar-refractivity contribution < 1.29 is 28.6 Å². The number of fused-ring (bicyclic) bond motifs is 3. The van der Waals surface area contributed by atoms with E-state index in [1.807, 2.05) is 24.3 Å². The number of amides is 2. The van der Waals surface area contributed by atoms with Crippen LogP contribution in [0.15, 0.2) is 65.1 Å². The number of hydrogen-bond donors (Lipinski definition) is 3. The molecule has 2 amide bonds. The number of furan rings is 1. The Morgan fingerprint density at radius 2 is 1.60 bits per heavy atom. The summed E-state index contributed by atoms with van der Waals surface area (Å²) >= 11 is 0. The molecule has 0 spiro atoms. The second-order valence-electron chi connectivity index (χ2n) is 9.07. The van der Waals surface area contributed by atoms with E-state index in [4.69, 9.17) is 14.3 Å². The van der Waals surface area contributed by atoms with Gasteiger partial charge in [-0.1, -0.05) is 55.0 Å². The van der Waals surface area contributed by atoms with Gasteiger partial charge in [-0.15, -0.1) is 0 Å². The Hall–Kier alpha value is -4.07. The molecular weight excluding hydrogens is 448 g/mol. The van der Waals surface area contributed by atoms with Crippen molar-refractivity contribution in [3.05, 3.63) is 83.3 Å². The van der Waals surface area contributed by atoms with Crippen LogP contribution in [0.1, 0.15) is 52.6 Å². The van der Waals surface area contributed by atoms with Gasteiger partial charge in [-0.05, 0) is 47.2 Å². The Labute approximate surface area is 202 Å². The van der Waals surface area contributed by atoms with Crippen LogP contribution in [-0.2, 0) is 16.1 Å². The van der Waals surface area contributed by atoms with Crippen LogP contribution in [0.25, 0.3) is 11.1 Å². The Morgan fingerprint density at radius 1 is 0.943 bits per heavy atom. The van der Waals surface area contributed by atoms with E-state index in [-0.39, 0.29) is 37.3 Å². The Kier molecular flexibility index (Phi) is 6.03. The average Bonchev–Trinajstić information content (AvgIpc) is 3.44. The fraction of sp³-hybridized carbons (Fsp3) is 0.296. The smallest absolute Gasteiger partial charge is 0.407 e. The molecule has 1 saturated carbocycles. The molecule has 180 valence electrons. The molecule has 0 aliphatic heterocycles. The molecule has 8 nitrogen and oxygen atoms in total. The zero-order valence-corrected chi connectivity index (χ0v) is 19.1. The molecule has 2 aromatic carbocycles. The van der Waals surface area contributed by atoms with Crippen molar-refractivity contribution in [1.29, 1.82) is 0 Å². The maximum atomic E-state index is 12.9. The number of ether oxygens (including phenoxy) is 1. The van der Waals surface area contributed by atoms with Crippen LogP contribution in [0.4, 0.5) is 4.79 Å². The molecule has 3 N–H and O–H groups in total. The Morgan fingerprint density at radius 3 is 2.17 bits per heavy atom. The van der Waals surface area contributed by atoms with E-state index in [0.717, 1.165) is 28.7 Å². The maximum Gasteiger partial charge on any atom is 0.407 e. The number of carboxylic acid groups (broad SMARTS) is 1. The van der Waals surface area contributed by atoms with Crippen LogP contribution in [0.5, 0.6) is 0 Å². The molecule has 1 heterocycles. The number of carbonyl (C=O) groups excluding carboxylic acids is 2. The van der Waals surface area contributed by atoms with Gasteiger partial charge in [0, 0.05) is 12.5 Å². The molecule has 3 aromatic rings. The van der Waals surface area contributed by atoms with Crippen molar-refractivity contribution in [2.24, 2.45) is 5.41 Å². The van der Waals surface area contributed by atoms with E-state index < -0.39 is 17.5 Å². The third-order valence-corrected chi connectivity index (χ3v) is 7.00. The minimum absolute atomic E-state index is 0.0295. The minimum atomic E-state index is -1.16. The highest BCUT2D eigenvalue weighted by atomic mass is 16.5. The molecular formula is C27H26N2O6. The van der Waals surface area contributed by atoms with Gasteiger partial charge in [-0.25, -0.2) is 9.59 Å². The zero-order valence-electron chi connectivity index (χ0n) is 19.1. The normalized spacial score (nSPS) is 15.4. The van der Waals surface area contributed by atoms with E-state index >= 15 is 0 Å². The molecule has 1 fully saturated rings. The van der Waals surface area contributed by atoms with Gasteiger partial charge < -0.3 is 24.9 Å². The van der Waals surface area contributed by atoms with Crippen LogP contribution in [-0.4, -0.2) is 36.2 Å². The molecule has 0 radical (unpaired) electrons. The third-order valence-electron chi connectivity index (χ3n) is 7.00. The molecule has 0 atom stereocenters. The Balaban J connectivity index is 1.15. The SMILES string of the molecule is O=C(NCC1(C(=O)NCc2ccc(C(=O)O)o2)CCC1)OCC1c2ccccc2-c2ccccc21. The van der Waals surface area contributed by atoms with Gasteiger partial charge >= 0.3 is 12.1 Å². The second kappa shape index (κ2) is 9.29. The lowest BCUT2D eigenvalue weighted by molar-refractivity contribution is -0.135. The van der Waals surface area contributed by atoms with Gasteiger partial charge in [0.05, 0.1) is 12.0 Å². The predicted octanol–water partition coefficient (Wildman–Crippen LogP) is 4.30. The summed E-state index contributed by atoms with van der Waals surface area (Å²) in [6.45, 7) is 0.469. The number of alkyl carbamates (subject to hydrolysis) is 1. The van der Waals surface area contributed by atoms with Gasteiger partial charge in [-0.2, -0.15) is 0 Å². The van der Waals surface area contributed by atoms with Crippen molar-refractivity contribution in [3.8, 4) is 11.1 Å². The summed E-state index contributed by atoms with van der Waals surface area (Å²) in [6.07, 6.45) is 1.65. The maximum absolute atomic E-state index is 12.9. The Bertz CT molecular complexity index is 1230. The van der Waals surface area contributed by atoms with E-state index in [2.05, 4.69) is 34.9 Å². The molecule has 5 rings (SSSR count). The molecule has 35 heavy (non-hydrogen) atoms. The van der Waals surface area contributed by atoms with Gasteiger partial charge in [-0.3, -0.25) is 4.79 Å². The van der Waals surface area contributed by atoms with Crippen molar-refractivity contribution in [2.75, 3.05) is 13.2 Å². The lowest BCUT2D eigenvalue weighted by atomic mass is 9.68. The molecule has 1 aromatic heterocycles. The fourth-order valence-corrected chi connectivity index (χ4v) is 4.92. The number of benzene rings is 2. The first-order valence-electron chi connectivity index (χ1n) is 11.7. The number of aromatic carboxylic acids is 1. The van der Waals surface area contributed by atoms with Crippen molar-refractivity contribution in [1.82, 2.24) is 10.6 Å². The topological polar surface area (TPSA) is 118 Å². The predicted molar refractivity (Wildman–Crippen MR) is 127 cm³/mol. The van der Waals surface area contributed by atoms with E-state index in [9.17, 15) is 14.4 Å². The summed E-state index contributed by atoms with van der Waals surface area (Å²) in [5.74, 6) is -1.21. The lowest BCUT2D eigenvalue weighted by Crippen LogP contribution is -2.52. The standard InChI is InChI=1S/C27H26N2O6/c30-24(31)23-11-10-17(35-23)14-28-25(32)27(12-5-13-27)16-29-26(33)34-15-22-20-8-3-1-6-18(20)19-7-2-4-9-21(19)22/h1-4,6-11,22H,5,12-16H2,(H,28,32)(H,29,33)(H,30,31). The molecule has 0 saturated heterocycles. The van der Waals surface area contributed by atoms with Gasteiger partial charge in [0.25, 0.3) is 0 Å². The van der Waals surface area contributed by atoms with E-state index in [1.54, 1.807) is 0 Å². The quantitative estimate of drug-likeness (QED) is 0.448. The van der Waals surface area contributed by atoms with Crippen molar-refractivity contribution in [2.45, 2.75) is 31.7 Å². The molecule has 2 aliphatic carbocycles. The van der Waals surface area contributed by atoms with Crippen LogP contribution >= 0.6 is 0 Å². The first kappa shape index (κ1) is 22.7. The first-order chi connectivity index (χ1) is 17.0. The largest absolute Gasteiger partial charge is 0.475 e. The molecule has 2 aliphatic rings. The van der Waals surface area contributed by atoms with Gasteiger partial charge in [0.2, 0.25) is 11.7 Å². The third kappa shape index (κ3) is 4.39. The number of carbonyl (C=O) groups is 3. The summed E-state index contributed by atoms with van der Waals surface area (Å²) in [7, 11) is 0. The van der Waals surface area contributed by atoms with Crippen molar-refractivity contribution >= 4 is 18.0 Å². The summed E-state index contributed by atoms with van der Waals surface area (Å²) in [4.78, 5) is 36.3. The first-order valence-corrected chi connectivity index (χ1v) is 11.7. The second-order valence-corrected chi connectivity index (χ2v) is 9.07. The van der Waals surface area contributed by atoms with Gasteiger partial charge in [0.15, 0.2) is 0 Å². The summed E-state index contributed by atoms with van der Waals surface area (Å²) < 4.78 is 10.8. The number of rotatable bonds is 8. The number of nitrogens with one attached hydrogen (secondary N) is 2. The van der Waals surface area contributed by atoms with Crippen LogP contribution in [0.2, 0.25) is 0 Å². The highest BCUT2D eigenvalue weighted by molar-refractivity contribution is 5.85. The molecule has 0 unspecified atom stereocenters. The lowest BCUT2D eigenvalue weighted by Gasteiger charge is -2.40. The summed E-state index contributed by atoms with van der Waals surface area (Å²) in [5.41, 5.74) is 3.90. The number of hydrogen-bond acceptors (Lipinski definition) is 5. The van der Waals surface area contributed by atoms with Crippen LogP contribution in [0, 0.1) is 5.41 Å². The molecule has 0 bridgehead atoms. The van der Waals surface area contributed by atoms with Crippen LogP contribution in [0.3, 0.4) is 0 Å². The average molecular weight is 475 g/mol. The van der Waals surface area contributed by atoms with E-state index in [0.29, 0.717) is 18.6 Å². The number of carboxylic acids is 1. The summed E-state index contributed by atoms with van der Waals surface area (Å²) in [5, 5.41) is 14.5. The fourth-order valence-electron chi connectivity index (χ4n) is 4.92. The summed E-state index contributed by atoms with van der Waals surface area (Å²) in [6, 6.07) is 19.1. The highest BCUT2D eigenvalue weighted by Crippen LogP contribution is 2.44. The van der Waals surface area contributed by atoms with E-state index in [1.165, 1.54) is 12.1 Å². The zero-order chi connectivity index (χ0) is 24.4. The highest BCUT2D eigenvalue weighted by Gasteiger charge is 2.44. The minimum Gasteiger partial charge on any atom is -0.475 e. The van der Waals surface area contributed by atoms with Crippen LogP contribution < -0.4 is 10.6 Å².